The maximum Gasteiger partial charge on any atom is 0.239 e. The van der Waals surface area contributed by atoms with Gasteiger partial charge in [-0.25, -0.2) is 0 Å². The maximum absolute atomic E-state index is 12.4. The SMILES string of the molecule is O=C(CN1CCCCCC1=O)NCC(c1ccco1)N1CCCCC1. The molecule has 3 heterocycles. The number of furan rings is 1. The third kappa shape index (κ3) is 5.08. The molecule has 2 amide bonds. The lowest BCUT2D eigenvalue weighted by Gasteiger charge is -2.33. The van der Waals surface area contributed by atoms with Crippen LogP contribution in [0.15, 0.2) is 22.8 Å². The van der Waals surface area contributed by atoms with E-state index in [0.717, 1.165) is 38.1 Å². The fourth-order valence-corrected chi connectivity index (χ4v) is 3.77. The van der Waals surface area contributed by atoms with Crippen LogP contribution in [0, 0.1) is 0 Å². The van der Waals surface area contributed by atoms with E-state index in [2.05, 4.69) is 10.2 Å². The van der Waals surface area contributed by atoms with Crippen molar-refractivity contribution in [1.82, 2.24) is 15.1 Å². The first-order valence-electron chi connectivity index (χ1n) is 9.56. The molecule has 0 aliphatic carbocycles. The minimum Gasteiger partial charge on any atom is -0.468 e. The fourth-order valence-electron chi connectivity index (χ4n) is 3.77. The first-order chi connectivity index (χ1) is 12.2. The highest BCUT2D eigenvalue weighted by Crippen LogP contribution is 2.24. The summed E-state index contributed by atoms with van der Waals surface area (Å²) in [5.41, 5.74) is 0. The lowest BCUT2D eigenvalue weighted by molar-refractivity contribution is -0.135. The summed E-state index contributed by atoms with van der Waals surface area (Å²) >= 11 is 0. The van der Waals surface area contributed by atoms with Crippen molar-refractivity contribution in [3.8, 4) is 0 Å². The van der Waals surface area contributed by atoms with Crippen molar-refractivity contribution < 1.29 is 14.0 Å². The molecule has 25 heavy (non-hydrogen) atoms. The molecule has 6 heteroatoms. The monoisotopic (exact) mass is 347 g/mol. The van der Waals surface area contributed by atoms with Crippen LogP contribution in [-0.4, -0.2) is 54.3 Å². The first kappa shape index (κ1) is 18.0. The van der Waals surface area contributed by atoms with Gasteiger partial charge in [-0.3, -0.25) is 14.5 Å². The molecule has 0 bridgehead atoms. The number of rotatable bonds is 6. The van der Waals surface area contributed by atoms with Crippen molar-refractivity contribution >= 4 is 11.8 Å². The van der Waals surface area contributed by atoms with Gasteiger partial charge in [0.25, 0.3) is 0 Å². The number of nitrogens with one attached hydrogen (secondary N) is 1. The zero-order chi connectivity index (χ0) is 17.5. The van der Waals surface area contributed by atoms with Gasteiger partial charge in [0.15, 0.2) is 0 Å². The summed E-state index contributed by atoms with van der Waals surface area (Å²) in [5, 5.41) is 3.02. The summed E-state index contributed by atoms with van der Waals surface area (Å²) in [4.78, 5) is 28.5. The Morgan fingerprint density at radius 3 is 2.64 bits per heavy atom. The molecule has 2 fully saturated rings. The first-order valence-corrected chi connectivity index (χ1v) is 9.56. The van der Waals surface area contributed by atoms with Gasteiger partial charge in [0, 0.05) is 19.5 Å². The lowest BCUT2D eigenvalue weighted by Crippen LogP contribution is -2.44. The Bertz CT molecular complexity index is 552. The quantitative estimate of drug-likeness (QED) is 0.858. The van der Waals surface area contributed by atoms with Crippen LogP contribution < -0.4 is 5.32 Å². The summed E-state index contributed by atoms with van der Waals surface area (Å²) in [6.07, 6.45) is 8.89. The van der Waals surface area contributed by atoms with Crippen LogP contribution >= 0.6 is 0 Å². The molecule has 0 aromatic carbocycles. The summed E-state index contributed by atoms with van der Waals surface area (Å²) in [5.74, 6) is 0.920. The van der Waals surface area contributed by atoms with E-state index in [1.165, 1.54) is 19.3 Å². The highest BCUT2D eigenvalue weighted by atomic mass is 16.3. The minimum absolute atomic E-state index is 0.0686. The molecule has 0 radical (unpaired) electrons. The summed E-state index contributed by atoms with van der Waals surface area (Å²) in [6, 6.07) is 3.94. The van der Waals surface area contributed by atoms with E-state index in [9.17, 15) is 9.59 Å². The van der Waals surface area contributed by atoms with E-state index in [1.54, 1.807) is 11.2 Å². The number of hydrogen-bond acceptors (Lipinski definition) is 4. The van der Waals surface area contributed by atoms with Gasteiger partial charge >= 0.3 is 0 Å². The Kier molecular flexibility index (Phi) is 6.50. The summed E-state index contributed by atoms with van der Waals surface area (Å²) < 4.78 is 5.61. The van der Waals surface area contributed by atoms with Crippen molar-refractivity contribution in [2.24, 2.45) is 0 Å². The van der Waals surface area contributed by atoms with Gasteiger partial charge < -0.3 is 14.6 Å². The Balaban J connectivity index is 1.54. The van der Waals surface area contributed by atoms with Crippen LogP contribution in [0.25, 0.3) is 0 Å². The molecule has 0 spiro atoms. The molecule has 138 valence electrons. The number of amides is 2. The van der Waals surface area contributed by atoms with Gasteiger partial charge in [0.1, 0.15) is 5.76 Å². The van der Waals surface area contributed by atoms with Crippen LogP contribution in [0.2, 0.25) is 0 Å². The van der Waals surface area contributed by atoms with E-state index in [1.807, 2.05) is 12.1 Å². The van der Waals surface area contributed by atoms with Gasteiger partial charge in [-0.15, -0.1) is 0 Å². The van der Waals surface area contributed by atoms with E-state index < -0.39 is 0 Å². The minimum atomic E-state index is -0.0798. The van der Waals surface area contributed by atoms with Crippen molar-refractivity contribution in [3.63, 3.8) is 0 Å². The van der Waals surface area contributed by atoms with Crippen LogP contribution in [-0.2, 0) is 9.59 Å². The van der Waals surface area contributed by atoms with Crippen LogP contribution in [0.3, 0.4) is 0 Å². The second-order valence-corrected chi connectivity index (χ2v) is 7.06. The van der Waals surface area contributed by atoms with Gasteiger partial charge in [-0.05, 0) is 50.9 Å². The predicted octanol–water partition coefficient (Wildman–Crippen LogP) is 2.33. The zero-order valence-electron chi connectivity index (χ0n) is 14.9. The number of carbonyl (C=O) groups is 2. The number of likely N-dealkylation sites (tertiary alicyclic amines) is 2. The number of carbonyl (C=O) groups excluding carboxylic acids is 2. The second kappa shape index (κ2) is 9.04. The van der Waals surface area contributed by atoms with Crippen molar-refractivity contribution in [2.75, 3.05) is 32.7 Å². The number of piperidine rings is 1. The smallest absolute Gasteiger partial charge is 0.239 e. The van der Waals surface area contributed by atoms with Crippen molar-refractivity contribution in [1.29, 1.82) is 0 Å². The Labute approximate surface area is 149 Å². The molecule has 1 aromatic rings. The van der Waals surface area contributed by atoms with E-state index >= 15 is 0 Å². The molecule has 3 rings (SSSR count). The molecule has 1 atom stereocenters. The maximum atomic E-state index is 12.4. The molecule has 1 unspecified atom stereocenters. The predicted molar refractivity (Wildman–Crippen MR) is 94.9 cm³/mol. The molecular formula is C19H29N3O3. The average Bonchev–Trinajstić information content (AvgIpc) is 3.08. The van der Waals surface area contributed by atoms with Crippen LogP contribution in [0.5, 0.6) is 0 Å². The third-order valence-electron chi connectivity index (χ3n) is 5.20. The molecule has 2 aliphatic heterocycles. The normalized spacial score (nSPS) is 21.0. The van der Waals surface area contributed by atoms with E-state index in [4.69, 9.17) is 4.42 Å². The lowest BCUT2D eigenvalue weighted by atomic mass is 10.1. The van der Waals surface area contributed by atoms with Gasteiger partial charge in [0.05, 0.1) is 18.8 Å². The van der Waals surface area contributed by atoms with Crippen LogP contribution in [0.4, 0.5) is 0 Å². The van der Waals surface area contributed by atoms with Crippen molar-refractivity contribution in [2.45, 2.75) is 51.0 Å². The molecule has 6 nitrogen and oxygen atoms in total. The summed E-state index contributed by atoms with van der Waals surface area (Å²) in [7, 11) is 0. The molecule has 0 saturated carbocycles. The zero-order valence-corrected chi connectivity index (χ0v) is 14.9. The number of nitrogens with zero attached hydrogens (tertiary/aromatic N) is 2. The van der Waals surface area contributed by atoms with Gasteiger partial charge in [-0.2, -0.15) is 0 Å². The molecular weight excluding hydrogens is 318 g/mol. The Morgan fingerprint density at radius 1 is 1.12 bits per heavy atom. The molecule has 2 aliphatic rings. The van der Waals surface area contributed by atoms with Crippen molar-refractivity contribution in [3.05, 3.63) is 24.2 Å². The highest BCUT2D eigenvalue weighted by Gasteiger charge is 2.25. The Hall–Kier alpha value is -1.82. The topological polar surface area (TPSA) is 65.8 Å². The Morgan fingerprint density at radius 2 is 1.88 bits per heavy atom. The fraction of sp³-hybridized carbons (Fsp3) is 0.684. The summed E-state index contributed by atoms with van der Waals surface area (Å²) in [6.45, 7) is 3.45. The van der Waals surface area contributed by atoms with E-state index in [-0.39, 0.29) is 24.4 Å². The van der Waals surface area contributed by atoms with Gasteiger partial charge in [0.2, 0.25) is 11.8 Å². The van der Waals surface area contributed by atoms with E-state index in [0.29, 0.717) is 19.5 Å². The molecule has 2 saturated heterocycles. The average molecular weight is 347 g/mol. The second-order valence-electron chi connectivity index (χ2n) is 7.06. The van der Waals surface area contributed by atoms with Gasteiger partial charge in [-0.1, -0.05) is 12.8 Å². The third-order valence-corrected chi connectivity index (χ3v) is 5.20. The number of hydrogen-bond donors (Lipinski definition) is 1. The molecule has 1 aromatic heterocycles. The largest absolute Gasteiger partial charge is 0.468 e. The highest BCUT2D eigenvalue weighted by molar-refractivity contribution is 5.84. The standard InChI is InChI=1S/C19H29N3O3/c23-18(15-22-12-4-1-3-9-19(22)24)20-14-16(17-8-7-13-25-17)21-10-5-2-6-11-21/h7-8,13,16H,1-6,9-12,14-15H2,(H,20,23). The molecule has 1 N–H and O–H groups in total. The van der Waals surface area contributed by atoms with Crippen LogP contribution in [0.1, 0.15) is 56.7 Å².